The van der Waals surface area contributed by atoms with Crippen molar-refractivity contribution in [2.24, 2.45) is 5.92 Å². The van der Waals surface area contributed by atoms with Gasteiger partial charge < -0.3 is 9.52 Å². The molecule has 2 heteroatoms. The van der Waals surface area contributed by atoms with Crippen molar-refractivity contribution in [1.29, 1.82) is 0 Å². The summed E-state index contributed by atoms with van der Waals surface area (Å²) in [6.45, 7) is 2.06. The average Bonchev–Trinajstić information content (AvgIpc) is 2.86. The van der Waals surface area contributed by atoms with Gasteiger partial charge in [0.25, 0.3) is 0 Å². The normalized spacial score (nSPS) is 19.6. The molecule has 0 spiro atoms. The summed E-state index contributed by atoms with van der Waals surface area (Å²) in [5, 5.41) is 10.1. The van der Waals surface area contributed by atoms with Gasteiger partial charge >= 0.3 is 0 Å². The molecule has 84 valence electrons. The Balaban J connectivity index is 1.97. The first kappa shape index (κ1) is 10.7. The highest BCUT2D eigenvalue weighted by Crippen LogP contribution is 2.34. The van der Waals surface area contributed by atoms with Gasteiger partial charge in [0.15, 0.2) is 0 Å². The number of aliphatic hydroxyl groups is 1. The van der Waals surface area contributed by atoms with E-state index in [0.717, 1.165) is 30.1 Å². The minimum Gasteiger partial charge on any atom is -0.469 e. The van der Waals surface area contributed by atoms with Crippen molar-refractivity contribution < 1.29 is 9.52 Å². The van der Waals surface area contributed by atoms with E-state index in [1.165, 1.54) is 25.7 Å². The zero-order chi connectivity index (χ0) is 10.7. The summed E-state index contributed by atoms with van der Waals surface area (Å²) >= 11 is 0. The molecule has 0 radical (unpaired) electrons. The van der Waals surface area contributed by atoms with Crippen LogP contribution >= 0.6 is 0 Å². The van der Waals surface area contributed by atoms with Crippen molar-refractivity contribution in [2.75, 3.05) is 0 Å². The molecular weight excluding hydrogens is 188 g/mol. The number of hydrogen-bond acceptors (Lipinski definition) is 2. The maximum absolute atomic E-state index is 10.1. The lowest BCUT2D eigenvalue weighted by atomic mass is 9.95. The van der Waals surface area contributed by atoms with Crippen LogP contribution in [-0.4, -0.2) is 5.11 Å². The van der Waals surface area contributed by atoms with Crippen LogP contribution < -0.4 is 0 Å². The molecule has 1 atom stereocenters. The van der Waals surface area contributed by atoms with E-state index in [1.54, 1.807) is 6.26 Å². The Kier molecular flexibility index (Phi) is 3.47. The number of rotatable bonds is 4. The Morgan fingerprint density at radius 3 is 2.87 bits per heavy atom. The molecule has 0 aromatic carbocycles. The first-order chi connectivity index (χ1) is 7.31. The Hall–Kier alpha value is -0.760. The van der Waals surface area contributed by atoms with Gasteiger partial charge in [0, 0.05) is 12.0 Å². The molecule has 1 heterocycles. The van der Waals surface area contributed by atoms with Crippen molar-refractivity contribution in [2.45, 2.75) is 51.6 Å². The fourth-order valence-electron chi connectivity index (χ4n) is 2.62. The van der Waals surface area contributed by atoms with E-state index in [2.05, 4.69) is 6.92 Å². The second-order valence-electron chi connectivity index (χ2n) is 4.55. The maximum Gasteiger partial charge on any atom is 0.109 e. The van der Waals surface area contributed by atoms with Crippen molar-refractivity contribution in [3.05, 3.63) is 23.7 Å². The molecular formula is C13H20O2. The molecule has 2 rings (SSSR count). The van der Waals surface area contributed by atoms with Crippen LogP contribution in [0.15, 0.2) is 16.7 Å². The Morgan fingerprint density at radius 1 is 1.47 bits per heavy atom. The number of aryl methyl sites for hydroxylation is 1. The Labute approximate surface area is 91.3 Å². The lowest BCUT2D eigenvalue weighted by molar-refractivity contribution is 0.143. The van der Waals surface area contributed by atoms with Gasteiger partial charge in [-0.25, -0.2) is 0 Å². The Bertz CT molecular complexity index is 297. The summed E-state index contributed by atoms with van der Waals surface area (Å²) < 4.78 is 5.34. The smallest absolute Gasteiger partial charge is 0.109 e. The highest BCUT2D eigenvalue weighted by molar-refractivity contribution is 5.19. The topological polar surface area (TPSA) is 33.4 Å². The summed E-state index contributed by atoms with van der Waals surface area (Å²) in [6.07, 6.45) is 8.39. The minimum atomic E-state index is -0.318. The van der Waals surface area contributed by atoms with E-state index in [0.29, 0.717) is 0 Å². The van der Waals surface area contributed by atoms with Gasteiger partial charge in [-0.05, 0) is 18.4 Å². The molecule has 0 saturated heterocycles. The largest absolute Gasteiger partial charge is 0.469 e. The van der Waals surface area contributed by atoms with Gasteiger partial charge in [0.2, 0.25) is 0 Å². The monoisotopic (exact) mass is 208 g/mol. The van der Waals surface area contributed by atoms with Gasteiger partial charge in [-0.3, -0.25) is 0 Å². The van der Waals surface area contributed by atoms with Crippen LogP contribution in [0, 0.1) is 5.92 Å². The summed E-state index contributed by atoms with van der Waals surface area (Å²) in [6, 6.07) is 1.92. The fourth-order valence-corrected chi connectivity index (χ4v) is 2.62. The van der Waals surface area contributed by atoms with E-state index in [9.17, 15) is 5.11 Å². The third kappa shape index (κ3) is 2.43. The van der Waals surface area contributed by atoms with Gasteiger partial charge in [0.1, 0.15) is 5.76 Å². The summed E-state index contributed by atoms with van der Waals surface area (Å²) in [4.78, 5) is 0. The van der Waals surface area contributed by atoms with E-state index >= 15 is 0 Å². The quantitative estimate of drug-likeness (QED) is 0.822. The third-order valence-corrected chi connectivity index (χ3v) is 3.49. The predicted molar refractivity (Wildman–Crippen MR) is 59.6 cm³/mol. The van der Waals surface area contributed by atoms with Crippen LogP contribution in [0.2, 0.25) is 0 Å². The zero-order valence-corrected chi connectivity index (χ0v) is 9.41. The lowest BCUT2D eigenvalue weighted by Crippen LogP contribution is -2.05. The van der Waals surface area contributed by atoms with E-state index < -0.39 is 0 Å². The van der Waals surface area contributed by atoms with Crippen LogP contribution in [0.1, 0.15) is 56.5 Å². The molecule has 1 fully saturated rings. The molecule has 0 bridgehead atoms. The maximum atomic E-state index is 10.1. The highest BCUT2D eigenvalue weighted by atomic mass is 16.3. The number of aliphatic hydroxyl groups excluding tert-OH is 1. The highest BCUT2D eigenvalue weighted by Gasteiger charge is 2.21. The molecule has 0 amide bonds. The lowest BCUT2D eigenvalue weighted by Gasteiger charge is -2.15. The van der Waals surface area contributed by atoms with Crippen molar-refractivity contribution in [3.8, 4) is 0 Å². The van der Waals surface area contributed by atoms with Crippen LogP contribution in [0.25, 0.3) is 0 Å². The second kappa shape index (κ2) is 4.84. The van der Waals surface area contributed by atoms with Crippen LogP contribution in [0.3, 0.4) is 0 Å². The number of hydrogen-bond donors (Lipinski definition) is 1. The second-order valence-corrected chi connectivity index (χ2v) is 4.55. The zero-order valence-electron chi connectivity index (χ0n) is 9.41. The van der Waals surface area contributed by atoms with Gasteiger partial charge in [-0.15, -0.1) is 0 Å². The molecule has 15 heavy (non-hydrogen) atoms. The van der Waals surface area contributed by atoms with Gasteiger partial charge in [0.05, 0.1) is 12.4 Å². The molecule has 2 nitrogen and oxygen atoms in total. The summed E-state index contributed by atoms with van der Waals surface area (Å²) in [5.74, 6) is 1.67. The van der Waals surface area contributed by atoms with Gasteiger partial charge in [-0.2, -0.15) is 0 Å². The van der Waals surface area contributed by atoms with Crippen LogP contribution in [0.5, 0.6) is 0 Å². The van der Waals surface area contributed by atoms with E-state index in [4.69, 9.17) is 4.42 Å². The molecule has 1 aromatic rings. The third-order valence-electron chi connectivity index (χ3n) is 3.49. The molecule has 1 aliphatic rings. The van der Waals surface area contributed by atoms with Crippen LogP contribution in [0.4, 0.5) is 0 Å². The molecule has 1 aromatic heterocycles. The summed E-state index contributed by atoms with van der Waals surface area (Å²) in [5.41, 5.74) is 1.00. The fraction of sp³-hybridized carbons (Fsp3) is 0.692. The molecule has 1 N–H and O–H groups in total. The molecule has 1 unspecified atom stereocenters. The van der Waals surface area contributed by atoms with Crippen LogP contribution in [-0.2, 0) is 6.42 Å². The van der Waals surface area contributed by atoms with Gasteiger partial charge in [-0.1, -0.05) is 32.6 Å². The predicted octanol–water partition coefficient (Wildman–Crippen LogP) is 3.46. The SMILES string of the molecule is CCc1occc1C(O)CC1CCCC1. The first-order valence-electron chi connectivity index (χ1n) is 6.05. The standard InChI is InChI=1S/C13H20O2/c1-2-13-11(7-8-15-13)12(14)9-10-5-3-4-6-10/h7-8,10,12,14H,2-6,9H2,1H3. The first-order valence-corrected chi connectivity index (χ1v) is 6.05. The molecule has 0 aliphatic heterocycles. The minimum absolute atomic E-state index is 0.318. The van der Waals surface area contributed by atoms with E-state index in [1.807, 2.05) is 6.07 Å². The Morgan fingerprint density at radius 2 is 2.20 bits per heavy atom. The molecule has 1 saturated carbocycles. The van der Waals surface area contributed by atoms with Crippen molar-refractivity contribution in [1.82, 2.24) is 0 Å². The summed E-state index contributed by atoms with van der Waals surface area (Å²) in [7, 11) is 0. The van der Waals surface area contributed by atoms with Crippen molar-refractivity contribution >= 4 is 0 Å². The van der Waals surface area contributed by atoms with E-state index in [-0.39, 0.29) is 6.10 Å². The van der Waals surface area contributed by atoms with Crippen molar-refractivity contribution in [3.63, 3.8) is 0 Å². The molecule has 1 aliphatic carbocycles. The number of furan rings is 1. The average molecular weight is 208 g/mol.